The first-order valence-corrected chi connectivity index (χ1v) is 7.07. The smallest absolute Gasteiger partial charge is 0.307 e. The Morgan fingerprint density at radius 1 is 1.35 bits per heavy atom. The Bertz CT molecular complexity index is 613. The summed E-state index contributed by atoms with van der Waals surface area (Å²) >= 11 is 1.34. The minimum Gasteiger partial charge on any atom is -0.457 e. The third-order valence-electron chi connectivity index (χ3n) is 3.14. The van der Waals surface area contributed by atoms with E-state index in [9.17, 15) is 9.59 Å². The van der Waals surface area contributed by atoms with Crippen molar-refractivity contribution in [1.82, 2.24) is 4.98 Å². The van der Waals surface area contributed by atoms with E-state index in [0.717, 1.165) is 5.56 Å². The second-order valence-corrected chi connectivity index (χ2v) is 5.35. The predicted molar refractivity (Wildman–Crippen MR) is 74.1 cm³/mol. The molecule has 1 fully saturated rings. The van der Waals surface area contributed by atoms with E-state index in [1.807, 2.05) is 30.3 Å². The Hall–Kier alpha value is -2.21. The van der Waals surface area contributed by atoms with Gasteiger partial charge in [-0.25, -0.2) is 4.98 Å². The maximum atomic E-state index is 12.3. The molecule has 0 aliphatic carbocycles. The van der Waals surface area contributed by atoms with Crippen LogP contribution in [0.1, 0.15) is 18.1 Å². The fourth-order valence-electron chi connectivity index (χ4n) is 2.21. The summed E-state index contributed by atoms with van der Waals surface area (Å²) in [6.07, 6.45) is 1.19. The highest BCUT2D eigenvalue weighted by molar-refractivity contribution is 7.13. The van der Waals surface area contributed by atoms with Crippen LogP contribution in [0, 0.1) is 5.92 Å². The quantitative estimate of drug-likeness (QED) is 0.880. The van der Waals surface area contributed by atoms with Crippen LogP contribution in [0.3, 0.4) is 0 Å². The first kappa shape index (κ1) is 12.8. The molecule has 0 spiro atoms. The van der Waals surface area contributed by atoms with Crippen LogP contribution in [0.5, 0.6) is 0 Å². The molecular formula is C14H12N2O3S. The number of hydrogen-bond acceptors (Lipinski definition) is 5. The normalized spacial score (nSPS) is 21.5. The van der Waals surface area contributed by atoms with Crippen molar-refractivity contribution in [2.24, 2.45) is 5.92 Å². The van der Waals surface area contributed by atoms with Crippen LogP contribution in [0.2, 0.25) is 0 Å². The van der Waals surface area contributed by atoms with E-state index in [4.69, 9.17) is 4.74 Å². The fraction of sp³-hybridized carbons (Fsp3) is 0.214. The van der Waals surface area contributed by atoms with Crippen LogP contribution in [-0.2, 0) is 14.3 Å². The average molecular weight is 288 g/mol. The predicted octanol–water partition coefficient (Wildman–Crippen LogP) is 2.39. The van der Waals surface area contributed by atoms with E-state index in [1.165, 1.54) is 11.3 Å². The minimum atomic E-state index is -0.524. The van der Waals surface area contributed by atoms with Gasteiger partial charge in [0.25, 0.3) is 0 Å². The van der Waals surface area contributed by atoms with Crippen LogP contribution in [0.15, 0.2) is 41.9 Å². The van der Waals surface area contributed by atoms with Gasteiger partial charge in [-0.2, -0.15) is 0 Å². The Morgan fingerprint density at radius 2 is 2.15 bits per heavy atom. The summed E-state index contributed by atoms with van der Waals surface area (Å²) in [5, 5.41) is 5.03. The number of hydrogen-bond donors (Lipinski definition) is 1. The number of carbonyl (C=O) groups is 2. The second-order valence-electron chi connectivity index (χ2n) is 4.46. The van der Waals surface area contributed by atoms with E-state index < -0.39 is 12.0 Å². The molecule has 2 atom stereocenters. The highest BCUT2D eigenvalue weighted by Crippen LogP contribution is 2.36. The largest absolute Gasteiger partial charge is 0.457 e. The maximum absolute atomic E-state index is 12.3. The number of nitrogens with zero attached hydrogens (tertiary/aromatic N) is 1. The Morgan fingerprint density at radius 3 is 2.85 bits per heavy atom. The summed E-state index contributed by atoms with van der Waals surface area (Å²) in [7, 11) is 0. The van der Waals surface area contributed by atoms with E-state index in [1.54, 1.807) is 11.6 Å². The lowest BCUT2D eigenvalue weighted by Gasteiger charge is -2.16. The zero-order valence-electron chi connectivity index (χ0n) is 10.5. The van der Waals surface area contributed by atoms with Crippen molar-refractivity contribution in [3.8, 4) is 0 Å². The van der Waals surface area contributed by atoms with Gasteiger partial charge in [0.2, 0.25) is 5.91 Å². The molecule has 0 saturated carbocycles. The average Bonchev–Trinajstić information content (AvgIpc) is 3.09. The summed E-state index contributed by atoms with van der Waals surface area (Å²) in [5.74, 6) is -1.11. The van der Waals surface area contributed by atoms with Crippen molar-refractivity contribution < 1.29 is 14.3 Å². The van der Waals surface area contributed by atoms with Crippen molar-refractivity contribution in [1.29, 1.82) is 0 Å². The molecule has 1 amide bonds. The number of carbonyl (C=O) groups excluding carboxylic acids is 2. The molecule has 1 aliphatic heterocycles. The molecule has 5 nitrogen and oxygen atoms in total. The Balaban J connectivity index is 1.80. The molecule has 1 aromatic heterocycles. The minimum absolute atomic E-state index is 0.0940. The molecule has 102 valence electrons. The second kappa shape index (κ2) is 5.42. The molecule has 20 heavy (non-hydrogen) atoms. The van der Waals surface area contributed by atoms with Crippen LogP contribution in [0.25, 0.3) is 0 Å². The number of anilines is 1. The first-order chi connectivity index (χ1) is 9.74. The van der Waals surface area contributed by atoms with Gasteiger partial charge in [0, 0.05) is 11.6 Å². The van der Waals surface area contributed by atoms with Crippen molar-refractivity contribution in [2.45, 2.75) is 12.5 Å². The summed E-state index contributed by atoms with van der Waals surface area (Å²) < 4.78 is 5.28. The molecule has 1 aromatic carbocycles. The number of cyclic esters (lactones) is 1. The zero-order chi connectivity index (χ0) is 13.9. The summed E-state index contributed by atoms with van der Waals surface area (Å²) in [6.45, 7) is 0. The third kappa shape index (κ3) is 2.55. The van der Waals surface area contributed by atoms with E-state index in [-0.39, 0.29) is 18.3 Å². The molecule has 1 N–H and O–H groups in total. The lowest BCUT2D eigenvalue weighted by atomic mass is 9.94. The molecule has 1 saturated heterocycles. The van der Waals surface area contributed by atoms with Gasteiger partial charge in [-0.1, -0.05) is 30.3 Å². The van der Waals surface area contributed by atoms with Gasteiger partial charge in [0.05, 0.1) is 12.3 Å². The van der Waals surface area contributed by atoms with Crippen LogP contribution in [-0.4, -0.2) is 16.9 Å². The van der Waals surface area contributed by atoms with Crippen molar-refractivity contribution >= 4 is 28.3 Å². The van der Waals surface area contributed by atoms with Gasteiger partial charge >= 0.3 is 5.97 Å². The molecule has 0 bridgehead atoms. The molecule has 3 rings (SSSR count). The van der Waals surface area contributed by atoms with Crippen molar-refractivity contribution in [2.75, 3.05) is 5.32 Å². The Labute approximate surface area is 119 Å². The number of nitrogens with one attached hydrogen (secondary N) is 1. The number of esters is 1. The van der Waals surface area contributed by atoms with Gasteiger partial charge in [-0.05, 0) is 5.56 Å². The molecule has 0 unspecified atom stereocenters. The molecule has 6 heteroatoms. The lowest BCUT2D eigenvalue weighted by molar-refractivity contribution is -0.141. The number of ether oxygens (including phenoxy) is 1. The van der Waals surface area contributed by atoms with E-state index in [0.29, 0.717) is 5.13 Å². The first-order valence-electron chi connectivity index (χ1n) is 6.19. The topological polar surface area (TPSA) is 68.3 Å². The molecule has 1 aliphatic rings. The van der Waals surface area contributed by atoms with E-state index in [2.05, 4.69) is 10.3 Å². The maximum Gasteiger partial charge on any atom is 0.307 e. The number of thiazole rings is 1. The van der Waals surface area contributed by atoms with Crippen molar-refractivity contribution in [3.05, 3.63) is 47.5 Å². The van der Waals surface area contributed by atoms with Crippen molar-refractivity contribution in [3.63, 3.8) is 0 Å². The molecular weight excluding hydrogens is 276 g/mol. The number of benzene rings is 1. The number of amides is 1. The monoisotopic (exact) mass is 288 g/mol. The molecule has 2 aromatic rings. The highest BCUT2D eigenvalue weighted by atomic mass is 32.1. The van der Waals surface area contributed by atoms with E-state index >= 15 is 0 Å². The summed E-state index contributed by atoms with van der Waals surface area (Å²) in [4.78, 5) is 27.8. The van der Waals surface area contributed by atoms with Crippen LogP contribution in [0.4, 0.5) is 5.13 Å². The number of rotatable bonds is 3. The van der Waals surface area contributed by atoms with Gasteiger partial charge in [0.1, 0.15) is 6.10 Å². The van der Waals surface area contributed by atoms with Crippen LogP contribution < -0.4 is 5.32 Å². The summed E-state index contributed by atoms with van der Waals surface area (Å²) in [6, 6.07) is 9.30. The van der Waals surface area contributed by atoms with Crippen LogP contribution >= 0.6 is 11.3 Å². The highest BCUT2D eigenvalue weighted by Gasteiger charge is 2.40. The van der Waals surface area contributed by atoms with Gasteiger partial charge in [-0.15, -0.1) is 11.3 Å². The molecule has 2 heterocycles. The van der Waals surface area contributed by atoms with Gasteiger partial charge in [-0.3, -0.25) is 9.59 Å². The SMILES string of the molecule is O=C1C[C@@H](C(=O)Nc2nccs2)[C@H](c2ccccc2)O1. The number of aromatic nitrogens is 1. The van der Waals surface area contributed by atoms with Gasteiger partial charge < -0.3 is 10.1 Å². The lowest BCUT2D eigenvalue weighted by Crippen LogP contribution is -2.25. The molecule has 0 radical (unpaired) electrons. The zero-order valence-corrected chi connectivity index (χ0v) is 11.3. The Kier molecular flexibility index (Phi) is 3.47. The third-order valence-corrected chi connectivity index (χ3v) is 3.83. The fourth-order valence-corrected chi connectivity index (χ4v) is 2.75. The van der Waals surface area contributed by atoms with Gasteiger partial charge in [0.15, 0.2) is 5.13 Å². The summed E-state index contributed by atoms with van der Waals surface area (Å²) in [5.41, 5.74) is 0.831. The standard InChI is InChI=1S/C14H12N2O3S/c17-11-8-10(13(18)16-14-15-6-7-20-14)12(19-11)9-4-2-1-3-5-9/h1-7,10,12H,8H2,(H,15,16,18)/t10-,12+/m1/s1.